The molecule has 0 fully saturated rings. The zero-order chi connectivity index (χ0) is 17.4. The normalized spacial score (nSPS) is 11.4. The summed E-state index contributed by atoms with van der Waals surface area (Å²) in [6, 6.07) is 15.5. The first kappa shape index (κ1) is 17.7. The Balaban J connectivity index is 1.78. The maximum Gasteiger partial charge on any atom is 0.432 e. The molecule has 0 aliphatic heterocycles. The number of hydrogen-bond donors (Lipinski definition) is 1. The molecule has 0 heterocycles. The van der Waals surface area contributed by atoms with Gasteiger partial charge in [0.05, 0.1) is 4.90 Å². The SMILES string of the molecule is Cc1ccc(S(=O)(=O)ONC(=O)OC/C=C\c2ccccc2)cc1. The summed E-state index contributed by atoms with van der Waals surface area (Å²) in [5.41, 5.74) is 3.62. The molecule has 0 spiro atoms. The third-order valence-corrected chi connectivity index (χ3v) is 4.12. The molecule has 0 aromatic heterocycles. The summed E-state index contributed by atoms with van der Waals surface area (Å²) < 4.78 is 33.0. The van der Waals surface area contributed by atoms with E-state index in [4.69, 9.17) is 4.74 Å². The van der Waals surface area contributed by atoms with Crippen LogP contribution in [-0.4, -0.2) is 21.1 Å². The predicted molar refractivity (Wildman–Crippen MR) is 89.4 cm³/mol. The minimum atomic E-state index is -4.08. The summed E-state index contributed by atoms with van der Waals surface area (Å²) in [7, 11) is -4.08. The number of ether oxygens (including phenoxy) is 1. The van der Waals surface area contributed by atoms with Crippen molar-refractivity contribution >= 4 is 22.3 Å². The van der Waals surface area contributed by atoms with E-state index < -0.39 is 16.2 Å². The first-order valence-corrected chi connectivity index (χ1v) is 8.53. The third-order valence-electron chi connectivity index (χ3n) is 2.96. The standard InChI is InChI=1S/C17H17NO5S/c1-14-9-11-16(12-10-14)24(20,21)23-18-17(19)22-13-5-8-15-6-3-2-4-7-15/h2-12H,13H2,1H3,(H,18,19)/b8-5-. The zero-order valence-electron chi connectivity index (χ0n) is 13.0. The molecule has 2 aromatic carbocycles. The maximum atomic E-state index is 11.9. The van der Waals surface area contributed by atoms with Crippen molar-refractivity contribution in [2.75, 3.05) is 6.61 Å². The number of nitrogens with one attached hydrogen (secondary N) is 1. The van der Waals surface area contributed by atoms with Crippen LogP contribution in [0.2, 0.25) is 0 Å². The summed E-state index contributed by atoms with van der Waals surface area (Å²) in [5.74, 6) is 0. The largest absolute Gasteiger partial charge is 0.444 e. The van der Waals surface area contributed by atoms with Crippen LogP contribution in [0, 0.1) is 6.92 Å². The van der Waals surface area contributed by atoms with Crippen LogP contribution in [0.15, 0.2) is 65.6 Å². The molecule has 1 N–H and O–H groups in total. The number of rotatable bonds is 6. The smallest absolute Gasteiger partial charge is 0.432 e. The average Bonchev–Trinajstić information content (AvgIpc) is 2.58. The van der Waals surface area contributed by atoms with Gasteiger partial charge in [-0.15, -0.1) is 4.28 Å². The number of carbonyl (C=O) groups excluding carboxylic acids is 1. The highest BCUT2D eigenvalue weighted by Crippen LogP contribution is 2.12. The number of benzene rings is 2. The van der Waals surface area contributed by atoms with E-state index in [-0.39, 0.29) is 11.5 Å². The fraction of sp³-hybridized carbons (Fsp3) is 0.118. The Hall–Kier alpha value is -2.64. The summed E-state index contributed by atoms with van der Waals surface area (Å²) >= 11 is 0. The lowest BCUT2D eigenvalue weighted by atomic mass is 10.2. The Morgan fingerprint density at radius 3 is 2.42 bits per heavy atom. The van der Waals surface area contributed by atoms with Crippen molar-refractivity contribution in [1.82, 2.24) is 5.48 Å². The molecule has 0 aliphatic carbocycles. The van der Waals surface area contributed by atoms with Crippen LogP contribution >= 0.6 is 0 Å². The molecule has 0 aliphatic rings. The van der Waals surface area contributed by atoms with Gasteiger partial charge in [0, 0.05) is 0 Å². The van der Waals surface area contributed by atoms with Gasteiger partial charge in [-0.05, 0) is 30.7 Å². The van der Waals surface area contributed by atoms with Gasteiger partial charge >= 0.3 is 16.2 Å². The molecule has 0 atom stereocenters. The van der Waals surface area contributed by atoms with Gasteiger partial charge in [-0.3, -0.25) is 0 Å². The van der Waals surface area contributed by atoms with E-state index >= 15 is 0 Å². The monoisotopic (exact) mass is 347 g/mol. The van der Waals surface area contributed by atoms with E-state index in [9.17, 15) is 13.2 Å². The maximum absolute atomic E-state index is 11.9. The van der Waals surface area contributed by atoms with Crippen LogP contribution in [0.3, 0.4) is 0 Å². The lowest BCUT2D eigenvalue weighted by Crippen LogP contribution is -2.28. The van der Waals surface area contributed by atoms with Crippen molar-refractivity contribution in [1.29, 1.82) is 0 Å². The molecule has 0 saturated carbocycles. The molecule has 0 radical (unpaired) electrons. The molecule has 0 bridgehead atoms. The van der Waals surface area contributed by atoms with Crippen LogP contribution in [-0.2, 0) is 19.1 Å². The van der Waals surface area contributed by atoms with Gasteiger partial charge in [0.25, 0.3) is 0 Å². The van der Waals surface area contributed by atoms with Crippen molar-refractivity contribution in [3.63, 3.8) is 0 Å². The molecular formula is C17H17NO5S. The Labute approximate surface area is 140 Å². The Bertz CT molecular complexity index is 799. The second-order valence-corrected chi connectivity index (χ2v) is 6.41. The minimum absolute atomic E-state index is 0.0192. The van der Waals surface area contributed by atoms with Gasteiger partial charge in [-0.25, -0.2) is 4.79 Å². The van der Waals surface area contributed by atoms with Crippen molar-refractivity contribution < 1.29 is 22.2 Å². The number of hydrogen-bond acceptors (Lipinski definition) is 5. The van der Waals surface area contributed by atoms with E-state index in [1.165, 1.54) is 12.1 Å². The number of hydroxylamine groups is 1. The second kappa shape index (κ2) is 8.28. The lowest BCUT2D eigenvalue weighted by Gasteiger charge is -2.06. The second-order valence-electron chi connectivity index (χ2n) is 4.86. The van der Waals surface area contributed by atoms with Gasteiger partial charge in [-0.1, -0.05) is 54.1 Å². The van der Waals surface area contributed by atoms with E-state index in [0.717, 1.165) is 11.1 Å². The van der Waals surface area contributed by atoms with Crippen molar-refractivity contribution in [3.05, 3.63) is 71.8 Å². The van der Waals surface area contributed by atoms with Crippen molar-refractivity contribution in [3.8, 4) is 0 Å². The summed E-state index contributed by atoms with van der Waals surface area (Å²) in [5, 5.41) is 0. The number of carbonyl (C=O) groups is 1. The van der Waals surface area contributed by atoms with E-state index in [1.807, 2.05) is 37.3 Å². The highest BCUT2D eigenvalue weighted by Gasteiger charge is 2.17. The quantitative estimate of drug-likeness (QED) is 0.812. The van der Waals surface area contributed by atoms with Crippen LogP contribution < -0.4 is 5.48 Å². The van der Waals surface area contributed by atoms with Gasteiger partial charge in [0.1, 0.15) is 6.61 Å². The fourth-order valence-electron chi connectivity index (χ4n) is 1.74. The summed E-state index contributed by atoms with van der Waals surface area (Å²) in [6.45, 7) is 1.81. The van der Waals surface area contributed by atoms with Crippen LogP contribution in [0.1, 0.15) is 11.1 Å². The van der Waals surface area contributed by atoms with Crippen molar-refractivity contribution in [2.45, 2.75) is 11.8 Å². The van der Waals surface area contributed by atoms with Crippen LogP contribution in [0.4, 0.5) is 4.79 Å². The van der Waals surface area contributed by atoms with E-state index in [2.05, 4.69) is 4.28 Å². The predicted octanol–water partition coefficient (Wildman–Crippen LogP) is 3.05. The molecule has 2 rings (SSSR count). The molecule has 0 unspecified atom stereocenters. The molecule has 7 heteroatoms. The molecule has 24 heavy (non-hydrogen) atoms. The average molecular weight is 347 g/mol. The van der Waals surface area contributed by atoms with Gasteiger partial charge in [-0.2, -0.15) is 13.9 Å². The first-order valence-electron chi connectivity index (χ1n) is 7.12. The summed E-state index contributed by atoms with van der Waals surface area (Å²) in [4.78, 5) is 11.4. The highest BCUT2D eigenvalue weighted by atomic mass is 32.2. The highest BCUT2D eigenvalue weighted by molar-refractivity contribution is 7.86. The molecule has 126 valence electrons. The number of amides is 1. The van der Waals surface area contributed by atoms with Gasteiger partial charge in [0.2, 0.25) is 0 Å². The Morgan fingerprint density at radius 2 is 1.75 bits per heavy atom. The molecule has 6 nitrogen and oxygen atoms in total. The Morgan fingerprint density at radius 1 is 1.08 bits per heavy atom. The van der Waals surface area contributed by atoms with Crippen LogP contribution in [0.5, 0.6) is 0 Å². The fourth-order valence-corrected chi connectivity index (χ4v) is 2.49. The topological polar surface area (TPSA) is 81.7 Å². The van der Waals surface area contributed by atoms with Crippen LogP contribution in [0.25, 0.3) is 6.08 Å². The third kappa shape index (κ3) is 5.53. The minimum Gasteiger partial charge on any atom is -0.444 e. The Kier molecular flexibility index (Phi) is 6.11. The summed E-state index contributed by atoms with van der Waals surface area (Å²) in [6.07, 6.45) is 2.41. The van der Waals surface area contributed by atoms with E-state index in [1.54, 1.807) is 29.8 Å². The molecule has 1 amide bonds. The molecular weight excluding hydrogens is 330 g/mol. The van der Waals surface area contributed by atoms with E-state index in [0.29, 0.717) is 0 Å². The van der Waals surface area contributed by atoms with Gasteiger partial charge < -0.3 is 4.74 Å². The molecule has 0 saturated heterocycles. The molecule has 2 aromatic rings. The number of aryl methyl sites for hydroxylation is 1. The lowest BCUT2D eigenvalue weighted by molar-refractivity contribution is 0.111. The van der Waals surface area contributed by atoms with Crippen molar-refractivity contribution in [2.24, 2.45) is 0 Å². The zero-order valence-corrected chi connectivity index (χ0v) is 13.8. The first-order chi connectivity index (χ1) is 11.5. The van der Waals surface area contributed by atoms with Gasteiger partial charge in [0.15, 0.2) is 0 Å².